The van der Waals surface area contributed by atoms with Crippen molar-refractivity contribution in [1.82, 2.24) is 9.80 Å². The molecule has 0 aromatic heterocycles. The molecule has 1 amide bonds. The summed E-state index contributed by atoms with van der Waals surface area (Å²) in [6.07, 6.45) is 8.89. The van der Waals surface area contributed by atoms with Crippen molar-refractivity contribution in [3.63, 3.8) is 0 Å². The number of hydrogen-bond acceptors (Lipinski definition) is 7. The molecule has 0 radical (unpaired) electrons. The Morgan fingerprint density at radius 2 is 1.70 bits per heavy atom. The number of benzene rings is 2. The van der Waals surface area contributed by atoms with E-state index in [-0.39, 0.29) is 46.8 Å². The maximum absolute atomic E-state index is 14.4. The molecule has 0 bridgehead atoms. The lowest BCUT2D eigenvalue weighted by Crippen LogP contribution is -2.47. The number of aryl methyl sites for hydroxylation is 1. The van der Waals surface area contributed by atoms with Gasteiger partial charge in [-0.2, -0.15) is 0 Å². The Morgan fingerprint density at radius 1 is 1.00 bits per heavy atom. The van der Waals surface area contributed by atoms with Crippen LogP contribution in [0.1, 0.15) is 88.1 Å². The summed E-state index contributed by atoms with van der Waals surface area (Å²) in [4.78, 5) is 18.6. The van der Waals surface area contributed by atoms with Crippen LogP contribution in [0, 0.1) is 18.8 Å². The van der Waals surface area contributed by atoms with Crippen molar-refractivity contribution in [2.75, 3.05) is 44.6 Å². The number of likely N-dealkylation sites (N-methyl/N-ethyl adjacent to an activating group) is 1. The van der Waals surface area contributed by atoms with Gasteiger partial charge in [-0.25, -0.2) is 8.42 Å². The molecule has 0 unspecified atom stereocenters. The fourth-order valence-electron chi connectivity index (χ4n) is 6.57. The monoisotopic (exact) mass is 657 g/mol. The molecule has 4 rings (SSSR count). The van der Waals surface area contributed by atoms with Gasteiger partial charge in [-0.3, -0.25) is 9.52 Å². The molecule has 10 heteroatoms. The first-order valence-corrected chi connectivity index (χ1v) is 18.6. The topological polar surface area (TPSA) is 108 Å². The van der Waals surface area contributed by atoms with Crippen molar-refractivity contribution in [3.8, 4) is 5.75 Å². The Balaban J connectivity index is 1.62. The van der Waals surface area contributed by atoms with Gasteiger partial charge < -0.3 is 24.4 Å². The van der Waals surface area contributed by atoms with E-state index >= 15 is 0 Å². The summed E-state index contributed by atoms with van der Waals surface area (Å²) < 4.78 is 41.9. The van der Waals surface area contributed by atoms with Gasteiger partial charge in [-0.15, -0.1) is 0 Å². The minimum absolute atomic E-state index is 0.0128. The molecule has 2 aromatic rings. The lowest BCUT2D eigenvalue weighted by atomic mass is 9.89. The number of nitrogens with one attached hydrogen (secondary N) is 1. The molecule has 1 aliphatic heterocycles. The SMILES string of the molecule is Cc1ccc(S(=O)(=O)Nc2ccc3c(c2)C(=O)N([C@@H](C)CO)C[C@@H](C)[C@@H](CN(C)CC2CCCCC2)OCCCC[C@H](C)O3)cc1. The van der Waals surface area contributed by atoms with Gasteiger partial charge in [0, 0.05) is 37.8 Å². The largest absolute Gasteiger partial charge is 0.490 e. The van der Waals surface area contributed by atoms with E-state index in [1.807, 2.05) is 20.8 Å². The summed E-state index contributed by atoms with van der Waals surface area (Å²) in [5.41, 5.74) is 1.48. The van der Waals surface area contributed by atoms with Gasteiger partial charge in [0.15, 0.2) is 0 Å². The molecule has 1 heterocycles. The van der Waals surface area contributed by atoms with Crippen molar-refractivity contribution in [2.45, 2.75) is 102 Å². The third-order valence-corrected chi connectivity index (χ3v) is 10.8. The summed E-state index contributed by atoms with van der Waals surface area (Å²) >= 11 is 0. The molecule has 256 valence electrons. The number of amides is 1. The molecule has 1 saturated carbocycles. The first kappa shape index (κ1) is 36.2. The van der Waals surface area contributed by atoms with Crippen molar-refractivity contribution >= 4 is 21.6 Å². The smallest absolute Gasteiger partial charge is 0.261 e. The number of ether oxygens (including phenoxy) is 2. The zero-order chi connectivity index (χ0) is 33.3. The minimum Gasteiger partial charge on any atom is -0.490 e. The minimum atomic E-state index is -3.88. The number of nitrogens with zero attached hydrogens (tertiary/aromatic N) is 2. The quantitative estimate of drug-likeness (QED) is 0.335. The zero-order valence-corrected chi connectivity index (χ0v) is 29.2. The number of anilines is 1. The normalized spacial score (nSPS) is 23.3. The van der Waals surface area contributed by atoms with Crippen molar-refractivity contribution in [3.05, 3.63) is 53.6 Å². The van der Waals surface area contributed by atoms with Crippen LogP contribution in [-0.2, 0) is 14.8 Å². The number of carbonyl (C=O) groups is 1. The number of fused-ring (bicyclic) bond motifs is 1. The lowest BCUT2D eigenvalue weighted by molar-refractivity contribution is -0.0190. The van der Waals surface area contributed by atoms with Crippen LogP contribution in [0.4, 0.5) is 5.69 Å². The van der Waals surface area contributed by atoms with Gasteiger partial charge in [0.25, 0.3) is 15.9 Å². The average Bonchev–Trinajstić information content (AvgIpc) is 3.03. The maximum atomic E-state index is 14.4. The van der Waals surface area contributed by atoms with E-state index in [9.17, 15) is 18.3 Å². The van der Waals surface area contributed by atoms with Gasteiger partial charge in [-0.1, -0.05) is 43.9 Å². The maximum Gasteiger partial charge on any atom is 0.261 e. The third kappa shape index (κ3) is 10.2. The van der Waals surface area contributed by atoms with Crippen LogP contribution in [0.5, 0.6) is 5.75 Å². The summed E-state index contributed by atoms with van der Waals surface area (Å²) in [5.74, 6) is 0.783. The van der Waals surface area contributed by atoms with Crippen LogP contribution in [0.15, 0.2) is 47.4 Å². The fourth-order valence-corrected chi connectivity index (χ4v) is 7.62. The van der Waals surface area contributed by atoms with Crippen LogP contribution < -0.4 is 9.46 Å². The van der Waals surface area contributed by atoms with Crippen LogP contribution in [0.3, 0.4) is 0 Å². The molecule has 2 N–H and O–H groups in total. The molecule has 9 nitrogen and oxygen atoms in total. The van der Waals surface area contributed by atoms with Gasteiger partial charge in [0.2, 0.25) is 0 Å². The standard InChI is InChI=1S/C36H55N3O6S/c1-26-14-17-32(18-15-26)46(42,43)37-31-16-19-34-33(21-31)36(41)39(28(3)25-40)22-27(2)35(44-20-10-9-11-29(4)45-34)24-38(5)23-30-12-7-6-8-13-30/h14-19,21,27-30,35,37,40H,6-13,20,22-25H2,1-5H3/t27-,28+,29+,35-/m1/s1. The molecule has 0 saturated heterocycles. The van der Waals surface area contributed by atoms with E-state index in [0.717, 1.165) is 43.8 Å². The molecule has 4 atom stereocenters. The molecule has 2 aromatic carbocycles. The van der Waals surface area contributed by atoms with E-state index < -0.39 is 16.1 Å². The average molecular weight is 658 g/mol. The van der Waals surface area contributed by atoms with Gasteiger partial charge >= 0.3 is 0 Å². The number of sulfonamides is 1. The summed E-state index contributed by atoms with van der Waals surface area (Å²) in [6, 6.07) is 11.0. The predicted molar refractivity (Wildman–Crippen MR) is 183 cm³/mol. The third-order valence-electron chi connectivity index (χ3n) is 9.42. The van der Waals surface area contributed by atoms with Crippen LogP contribution in [0.2, 0.25) is 0 Å². The second-order valence-corrected chi connectivity index (χ2v) is 15.3. The van der Waals surface area contributed by atoms with Crippen LogP contribution in [0.25, 0.3) is 0 Å². The Morgan fingerprint density at radius 3 is 2.39 bits per heavy atom. The predicted octanol–water partition coefficient (Wildman–Crippen LogP) is 6.10. The molecule has 46 heavy (non-hydrogen) atoms. The van der Waals surface area contributed by atoms with Crippen molar-refractivity contribution in [1.29, 1.82) is 0 Å². The zero-order valence-electron chi connectivity index (χ0n) is 28.4. The second kappa shape index (κ2) is 16.9. The Kier molecular flexibility index (Phi) is 13.3. The fraction of sp³-hybridized carbons (Fsp3) is 0.639. The number of rotatable bonds is 9. The summed E-state index contributed by atoms with van der Waals surface area (Å²) in [6.45, 7) is 10.4. The molecular weight excluding hydrogens is 602 g/mol. The molecule has 1 aliphatic carbocycles. The van der Waals surface area contributed by atoms with Crippen LogP contribution in [-0.4, -0.2) is 87.4 Å². The highest BCUT2D eigenvalue weighted by Gasteiger charge is 2.31. The second-order valence-electron chi connectivity index (χ2n) is 13.7. The highest BCUT2D eigenvalue weighted by atomic mass is 32.2. The lowest BCUT2D eigenvalue weighted by Gasteiger charge is -2.36. The molecule has 2 aliphatic rings. The Labute approximate surface area is 276 Å². The summed E-state index contributed by atoms with van der Waals surface area (Å²) in [5, 5.41) is 10.2. The van der Waals surface area contributed by atoms with Gasteiger partial charge in [0.05, 0.1) is 35.3 Å². The van der Waals surface area contributed by atoms with Gasteiger partial charge in [-0.05, 0) is 96.2 Å². The summed E-state index contributed by atoms with van der Waals surface area (Å²) in [7, 11) is -1.71. The van der Waals surface area contributed by atoms with Gasteiger partial charge in [0.1, 0.15) is 5.75 Å². The first-order chi connectivity index (χ1) is 22.0. The van der Waals surface area contributed by atoms with E-state index in [0.29, 0.717) is 18.9 Å². The van der Waals surface area contributed by atoms with Crippen molar-refractivity contribution in [2.24, 2.45) is 11.8 Å². The Bertz CT molecular complexity index is 1360. The highest BCUT2D eigenvalue weighted by molar-refractivity contribution is 7.92. The number of hydrogen-bond donors (Lipinski definition) is 2. The number of aliphatic hydroxyl groups is 1. The Hall–Kier alpha value is -2.66. The molecule has 1 fully saturated rings. The first-order valence-electron chi connectivity index (χ1n) is 17.1. The van der Waals surface area contributed by atoms with E-state index in [1.54, 1.807) is 47.4 Å². The molecule has 0 spiro atoms. The van der Waals surface area contributed by atoms with Crippen molar-refractivity contribution < 1.29 is 27.8 Å². The van der Waals surface area contributed by atoms with Crippen LogP contribution >= 0.6 is 0 Å². The van der Waals surface area contributed by atoms with E-state index in [4.69, 9.17) is 9.47 Å². The number of aliphatic hydroxyl groups excluding tert-OH is 1. The van der Waals surface area contributed by atoms with E-state index in [2.05, 4.69) is 23.6 Å². The highest BCUT2D eigenvalue weighted by Crippen LogP contribution is 2.30. The van der Waals surface area contributed by atoms with E-state index in [1.165, 1.54) is 32.1 Å². The number of carbonyl (C=O) groups excluding carboxylic acids is 1. The molecular formula is C36H55N3O6S.